The Bertz CT molecular complexity index is 410. The standard InChI is InChI=1S/C14H22N4S/c1-12(2)10-17-4-6-18(7-5-17)11-13-8-15-14(19-3)16-9-13/h8-9H,1,4-7,10-11H2,2-3H3. The number of rotatable bonds is 5. The van der Waals surface area contributed by atoms with Crippen LogP contribution in [0.4, 0.5) is 0 Å². The highest BCUT2D eigenvalue weighted by molar-refractivity contribution is 7.98. The SMILES string of the molecule is C=C(C)CN1CCN(Cc2cnc(SC)nc2)CC1. The highest BCUT2D eigenvalue weighted by Crippen LogP contribution is 2.11. The zero-order valence-electron chi connectivity index (χ0n) is 11.8. The topological polar surface area (TPSA) is 32.3 Å². The molecular weight excluding hydrogens is 256 g/mol. The number of hydrogen-bond acceptors (Lipinski definition) is 5. The summed E-state index contributed by atoms with van der Waals surface area (Å²) >= 11 is 1.58. The van der Waals surface area contributed by atoms with E-state index in [-0.39, 0.29) is 0 Å². The van der Waals surface area contributed by atoms with Gasteiger partial charge in [-0.1, -0.05) is 23.9 Å². The van der Waals surface area contributed by atoms with E-state index < -0.39 is 0 Å². The minimum atomic E-state index is 0.843. The summed E-state index contributed by atoms with van der Waals surface area (Å²) in [6.45, 7) is 12.5. The molecule has 5 heteroatoms. The molecule has 0 amide bonds. The van der Waals surface area contributed by atoms with Gasteiger partial charge in [-0.25, -0.2) is 9.97 Å². The van der Waals surface area contributed by atoms with Crippen molar-refractivity contribution >= 4 is 11.8 Å². The summed E-state index contributed by atoms with van der Waals surface area (Å²) in [5.74, 6) is 0. The molecule has 1 aliphatic rings. The van der Waals surface area contributed by atoms with E-state index in [1.54, 1.807) is 11.8 Å². The molecule has 0 atom stereocenters. The highest BCUT2D eigenvalue weighted by Gasteiger charge is 2.16. The van der Waals surface area contributed by atoms with Crippen LogP contribution in [0.3, 0.4) is 0 Å². The molecule has 19 heavy (non-hydrogen) atoms. The van der Waals surface area contributed by atoms with Gasteiger partial charge in [-0.2, -0.15) is 0 Å². The molecule has 1 aliphatic heterocycles. The molecular formula is C14H22N4S. The molecule has 1 fully saturated rings. The summed E-state index contributed by atoms with van der Waals surface area (Å²) in [4.78, 5) is 13.6. The maximum atomic E-state index is 4.32. The molecule has 1 saturated heterocycles. The molecule has 2 heterocycles. The van der Waals surface area contributed by atoms with E-state index in [1.807, 2.05) is 18.6 Å². The summed E-state index contributed by atoms with van der Waals surface area (Å²) in [6.07, 6.45) is 5.88. The van der Waals surface area contributed by atoms with Gasteiger partial charge >= 0.3 is 0 Å². The number of piperazine rings is 1. The van der Waals surface area contributed by atoms with Crippen LogP contribution < -0.4 is 0 Å². The van der Waals surface area contributed by atoms with Gasteiger partial charge in [0, 0.05) is 57.2 Å². The Balaban J connectivity index is 1.80. The van der Waals surface area contributed by atoms with Crippen molar-refractivity contribution in [2.75, 3.05) is 39.0 Å². The van der Waals surface area contributed by atoms with E-state index in [1.165, 1.54) is 11.1 Å². The van der Waals surface area contributed by atoms with Gasteiger partial charge in [-0.3, -0.25) is 9.80 Å². The third-order valence-electron chi connectivity index (χ3n) is 3.23. The van der Waals surface area contributed by atoms with Gasteiger partial charge in [0.2, 0.25) is 0 Å². The first-order chi connectivity index (χ1) is 9.17. The van der Waals surface area contributed by atoms with Crippen LogP contribution in [-0.2, 0) is 6.54 Å². The fraction of sp³-hybridized carbons (Fsp3) is 0.571. The highest BCUT2D eigenvalue weighted by atomic mass is 32.2. The van der Waals surface area contributed by atoms with Crippen LogP contribution in [0.15, 0.2) is 29.7 Å². The smallest absolute Gasteiger partial charge is 0.187 e. The maximum Gasteiger partial charge on any atom is 0.187 e. The first-order valence-corrected chi connectivity index (χ1v) is 7.84. The van der Waals surface area contributed by atoms with E-state index in [9.17, 15) is 0 Å². The van der Waals surface area contributed by atoms with Crippen molar-refractivity contribution in [1.29, 1.82) is 0 Å². The van der Waals surface area contributed by atoms with Gasteiger partial charge in [-0.05, 0) is 13.2 Å². The predicted octanol–water partition coefficient (Wildman–Crippen LogP) is 1.89. The molecule has 0 bridgehead atoms. The maximum absolute atomic E-state index is 4.32. The van der Waals surface area contributed by atoms with Crippen LogP contribution in [0.1, 0.15) is 12.5 Å². The minimum Gasteiger partial charge on any atom is -0.297 e. The van der Waals surface area contributed by atoms with E-state index >= 15 is 0 Å². The van der Waals surface area contributed by atoms with E-state index in [2.05, 4.69) is 33.3 Å². The molecule has 0 saturated carbocycles. The van der Waals surface area contributed by atoms with Crippen molar-refractivity contribution in [3.63, 3.8) is 0 Å². The second-order valence-electron chi connectivity index (χ2n) is 5.09. The average molecular weight is 278 g/mol. The average Bonchev–Trinajstić information content (AvgIpc) is 2.41. The van der Waals surface area contributed by atoms with Crippen LogP contribution in [0.5, 0.6) is 0 Å². The van der Waals surface area contributed by atoms with E-state index in [0.29, 0.717) is 0 Å². The number of nitrogens with zero attached hydrogens (tertiary/aromatic N) is 4. The second-order valence-corrected chi connectivity index (χ2v) is 5.86. The Morgan fingerprint density at radius 2 is 1.79 bits per heavy atom. The molecule has 2 rings (SSSR count). The second kappa shape index (κ2) is 7.03. The molecule has 1 aromatic rings. The van der Waals surface area contributed by atoms with Crippen LogP contribution in [0, 0.1) is 0 Å². The first kappa shape index (κ1) is 14.5. The van der Waals surface area contributed by atoms with E-state index in [4.69, 9.17) is 0 Å². The van der Waals surface area contributed by atoms with Crippen molar-refractivity contribution in [3.8, 4) is 0 Å². The zero-order valence-corrected chi connectivity index (χ0v) is 12.6. The lowest BCUT2D eigenvalue weighted by Crippen LogP contribution is -2.46. The minimum absolute atomic E-state index is 0.843. The molecule has 0 unspecified atom stereocenters. The quantitative estimate of drug-likeness (QED) is 0.466. The van der Waals surface area contributed by atoms with Gasteiger partial charge in [0.05, 0.1) is 0 Å². The molecule has 0 spiro atoms. The van der Waals surface area contributed by atoms with Crippen LogP contribution in [-0.4, -0.2) is 58.7 Å². The Morgan fingerprint density at radius 1 is 1.21 bits per heavy atom. The Morgan fingerprint density at radius 3 is 2.32 bits per heavy atom. The van der Waals surface area contributed by atoms with Gasteiger partial charge in [0.25, 0.3) is 0 Å². The molecule has 4 nitrogen and oxygen atoms in total. The molecule has 0 aromatic carbocycles. The summed E-state index contributed by atoms with van der Waals surface area (Å²) in [7, 11) is 0. The normalized spacial score (nSPS) is 17.6. The molecule has 1 aromatic heterocycles. The Labute approximate surface area is 119 Å². The van der Waals surface area contributed by atoms with Gasteiger partial charge in [0.1, 0.15) is 0 Å². The monoisotopic (exact) mass is 278 g/mol. The van der Waals surface area contributed by atoms with Crippen molar-refractivity contribution in [1.82, 2.24) is 19.8 Å². The van der Waals surface area contributed by atoms with Crippen LogP contribution in [0.25, 0.3) is 0 Å². The number of hydrogen-bond donors (Lipinski definition) is 0. The Kier molecular flexibility index (Phi) is 5.36. The lowest BCUT2D eigenvalue weighted by atomic mass is 10.2. The largest absolute Gasteiger partial charge is 0.297 e. The van der Waals surface area contributed by atoms with Crippen molar-refractivity contribution < 1.29 is 0 Å². The van der Waals surface area contributed by atoms with Gasteiger partial charge < -0.3 is 0 Å². The summed E-state index contributed by atoms with van der Waals surface area (Å²) in [5.41, 5.74) is 2.45. The van der Waals surface area contributed by atoms with E-state index in [0.717, 1.165) is 44.4 Å². The summed E-state index contributed by atoms with van der Waals surface area (Å²) < 4.78 is 0. The predicted molar refractivity (Wildman–Crippen MR) is 80.3 cm³/mol. The summed E-state index contributed by atoms with van der Waals surface area (Å²) in [6, 6.07) is 0. The number of aromatic nitrogens is 2. The summed E-state index contributed by atoms with van der Waals surface area (Å²) in [5, 5.41) is 0.843. The molecule has 104 valence electrons. The van der Waals surface area contributed by atoms with Crippen molar-refractivity contribution in [2.24, 2.45) is 0 Å². The lowest BCUT2D eigenvalue weighted by Gasteiger charge is -2.34. The first-order valence-electron chi connectivity index (χ1n) is 6.61. The number of thioether (sulfide) groups is 1. The van der Waals surface area contributed by atoms with Crippen LogP contribution >= 0.6 is 11.8 Å². The Hall–Kier alpha value is -0.910. The third-order valence-corrected chi connectivity index (χ3v) is 3.80. The lowest BCUT2D eigenvalue weighted by molar-refractivity contribution is 0.134. The third kappa shape index (κ3) is 4.60. The zero-order chi connectivity index (χ0) is 13.7. The molecule has 0 aliphatic carbocycles. The fourth-order valence-corrected chi connectivity index (χ4v) is 2.59. The van der Waals surface area contributed by atoms with Crippen molar-refractivity contribution in [2.45, 2.75) is 18.6 Å². The van der Waals surface area contributed by atoms with Gasteiger partial charge in [0.15, 0.2) is 5.16 Å². The molecule has 0 N–H and O–H groups in total. The molecule has 0 radical (unpaired) electrons. The van der Waals surface area contributed by atoms with Gasteiger partial charge in [-0.15, -0.1) is 0 Å². The van der Waals surface area contributed by atoms with Crippen LogP contribution in [0.2, 0.25) is 0 Å². The van der Waals surface area contributed by atoms with Crippen molar-refractivity contribution in [3.05, 3.63) is 30.1 Å². The fourth-order valence-electron chi connectivity index (χ4n) is 2.28.